The van der Waals surface area contributed by atoms with Crippen LogP contribution in [0.1, 0.15) is 34.8 Å². The molecule has 2 N–H and O–H groups in total. The molecule has 1 heterocycles. The summed E-state index contributed by atoms with van der Waals surface area (Å²) in [4.78, 5) is 28.3. The van der Waals surface area contributed by atoms with Crippen LogP contribution in [0.5, 0.6) is 5.75 Å². The summed E-state index contributed by atoms with van der Waals surface area (Å²) in [5, 5.41) is 12.3. The molecular formula is C18H20N2O5. The fraction of sp³-hybridized carbons (Fsp3) is 0.389. The first-order chi connectivity index (χ1) is 12.0. The van der Waals surface area contributed by atoms with Gasteiger partial charge in [0.05, 0.1) is 24.7 Å². The van der Waals surface area contributed by atoms with Crippen LogP contribution in [0.4, 0.5) is 0 Å². The van der Waals surface area contributed by atoms with E-state index in [1.165, 1.54) is 7.11 Å². The molecule has 0 aliphatic heterocycles. The molecule has 0 radical (unpaired) electrons. The standard InChI is InChI=1S/C18H20N2O5/c1-24-11-5-6-14-12(7-11)13(8-15(20-14)10-3-4-10)17(21)19-9-16(25-2)18(22)23/h5-8,10,16H,3-4,9H2,1-2H3,(H,19,21)(H,22,23). The van der Waals surface area contributed by atoms with Crippen molar-refractivity contribution in [3.05, 3.63) is 35.5 Å². The number of amides is 1. The number of methoxy groups -OCH3 is 2. The average Bonchev–Trinajstić information content (AvgIpc) is 3.45. The third-order valence-electron chi connectivity index (χ3n) is 4.28. The van der Waals surface area contributed by atoms with E-state index in [1.54, 1.807) is 25.3 Å². The van der Waals surface area contributed by atoms with Crippen LogP contribution in [0, 0.1) is 0 Å². The lowest BCUT2D eigenvalue weighted by atomic mass is 10.0. The molecule has 1 amide bonds. The van der Waals surface area contributed by atoms with Crippen molar-refractivity contribution in [1.82, 2.24) is 10.3 Å². The summed E-state index contributed by atoms with van der Waals surface area (Å²) in [6.07, 6.45) is 1.05. The lowest BCUT2D eigenvalue weighted by Crippen LogP contribution is -2.38. The van der Waals surface area contributed by atoms with Gasteiger partial charge in [-0.3, -0.25) is 9.78 Å². The lowest BCUT2D eigenvalue weighted by Gasteiger charge is -2.14. The number of pyridine rings is 1. The Hall–Kier alpha value is -2.67. The SMILES string of the molecule is COc1ccc2nc(C3CC3)cc(C(=O)NCC(OC)C(=O)O)c2c1. The number of fused-ring (bicyclic) bond motifs is 1. The van der Waals surface area contributed by atoms with E-state index < -0.39 is 12.1 Å². The highest BCUT2D eigenvalue weighted by Gasteiger charge is 2.27. The molecule has 1 atom stereocenters. The summed E-state index contributed by atoms with van der Waals surface area (Å²) < 4.78 is 10.1. The number of carbonyl (C=O) groups excluding carboxylic acids is 1. The second-order valence-corrected chi connectivity index (χ2v) is 6.02. The molecule has 0 saturated heterocycles. The molecule has 25 heavy (non-hydrogen) atoms. The maximum atomic E-state index is 12.7. The van der Waals surface area contributed by atoms with Crippen molar-refractivity contribution in [3.63, 3.8) is 0 Å². The minimum absolute atomic E-state index is 0.114. The smallest absolute Gasteiger partial charge is 0.334 e. The van der Waals surface area contributed by atoms with Crippen LogP contribution in [0.15, 0.2) is 24.3 Å². The van der Waals surface area contributed by atoms with Gasteiger partial charge >= 0.3 is 5.97 Å². The molecule has 1 aliphatic rings. The van der Waals surface area contributed by atoms with Gasteiger partial charge < -0.3 is 19.9 Å². The van der Waals surface area contributed by atoms with E-state index in [0.717, 1.165) is 24.1 Å². The Kier molecular flexibility index (Phi) is 4.85. The second-order valence-electron chi connectivity index (χ2n) is 6.02. The first-order valence-corrected chi connectivity index (χ1v) is 8.06. The van der Waals surface area contributed by atoms with E-state index >= 15 is 0 Å². The number of ether oxygens (including phenoxy) is 2. The maximum absolute atomic E-state index is 12.7. The highest BCUT2D eigenvalue weighted by Crippen LogP contribution is 2.40. The van der Waals surface area contributed by atoms with E-state index in [4.69, 9.17) is 14.6 Å². The molecule has 7 heteroatoms. The van der Waals surface area contributed by atoms with Crippen LogP contribution in [-0.4, -0.2) is 48.8 Å². The summed E-state index contributed by atoms with van der Waals surface area (Å²) in [6.45, 7) is -0.114. The van der Waals surface area contributed by atoms with Gasteiger partial charge in [-0.1, -0.05) is 0 Å². The number of hydrogen-bond donors (Lipinski definition) is 2. The van der Waals surface area contributed by atoms with Gasteiger partial charge in [0.15, 0.2) is 6.10 Å². The molecular weight excluding hydrogens is 324 g/mol. The Labute approximate surface area is 145 Å². The average molecular weight is 344 g/mol. The third-order valence-corrected chi connectivity index (χ3v) is 4.28. The molecule has 1 unspecified atom stereocenters. The van der Waals surface area contributed by atoms with Gasteiger partial charge in [-0.05, 0) is 37.1 Å². The fourth-order valence-electron chi connectivity index (χ4n) is 2.68. The van der Waals surface area contributed by atoms with Gasteiger partial charge in [-0.25, -0.2) is 4.79 Å². The molecule has 2 aromatic rings. The van der Waals surface area contributed by atoms with Crippen LogP contribution in [-0.2, 0) is 9.53 Å². The Morgan fingerprint density at radius 1 is 1.32 bits per heavy atom. The van der Waals surface area contributed by atoms with Gasteiger partial charge in [-0.2, -0.15) is 0 Å². The topological polar surface area (TPSA) is 97.8 Å². The number of carboxylic acid groups (broad SMARTS) is 1. The second kappa shape index (κ2) is 7.06. The van der Waals surface area contributed by atoms with Crippen molar-refractivity contribution < 1.29 is 24.2 Å². The zero-order valence-corrected chi connectivity index (χ0v) is 14.1. The number of aliphatic carboxylic acids is 1. The minimum Gasteiger partial charge on any atom is -0.497 e. The van der Waals surface area contributed by atoms with E-state index in [-0.39, 0.29) is 12.5 Å². The Morgan fingerprint density at radius 2 is 2.08 bits per heavy atom. The predicted molar refractivity (Wildman–Crippen MR) is 91.0 cm³/mol. The highest BCUT2D eigenvalue weighted by atomic mass is 16.5. The zero-order valence-electron chi connectivity index (χ0n) is 14.1. The third kappa shape index (κ3) is 3.71. The van der Waals surface area contributed by atoms with Gasteiger partial charge in [-0.15, -0.1) is 0 Å². The molecule has 1 saturated carbocycles. The van der Waals surface area contributed by atoms with E-state index in [0.29, 0.717) is 22.6 Å². The van der Waals surface area contributed by atoms with Gasteiger partial charge in [0.25, 0.3) is 5.91 Å². The summed E-state index contributed by atoms with van der Waals surface area (Å²) in [7, 11) is 2.85. The number of carboxylic acids is 1. The summed E-state index contributed by atoms with van der Waals surface area (Å²) in [6, 6.07) is 7.18. The molecule has 1 aliphatic carbocycles. The first kappa shape index (κ1) is 17.2. The van der Waals surface area contributed by atoms with Crippen LogP contribution in [0.3, 0.4) is 0 Å². The Bertz CT molecular complexity index is 816. The molecule has 1 aromatic carbocycles. The normalized spacial score (nSPS) is 15.0. The highest BCUT2D eigenvalue weighted by molar-refractivity contribution is 6.06. The number of nitrogens with one attached hydrogen (secondary N) is 1. The van der Waals surface area contributed by atoms with Crippen molar-refractivity contribution in [1.29, 1.82) is 0 Å². The fourth-order valence-corrected chi connectivity index (χ4v) is 2.68. The summed E-state index contributed by atoms with van der Waals surface area (Å²) >= 11 is 0. The van der Waals surface area contributed by atoms with Crippen LogP contribution in [0.25, 0.3) is 10.9 Å². The number of benzene rings is 1. The quantitative estimate of drug-likeness (QED) is 0.797. The molecule has 1 aromatic heterocycles. The van der Waals surface area contributed by atoms with Crippen molar-refractivity contribution in [2.75, 3.05) is 20.8 Å². The largest absolute Gasteiger partial charge is 0.497 e. The van der Waals surface area contributed by atoms with E-state index in [1.807, 2.05) is 6.07 Å². The monoisotopic (exact) mass is 344 g/mol. The Balaban J connectivity index is 1.94. The van der Waals surface area contributed by atoms with Crippen molar-refractivity contribution in [2.45, 2.75) is 24.9 Å². The van der Waals surface area contributed by atoms with Gasteiger partial charge in [0.2, 0.25) is 0 Å². The van der Waals surface area contributed by atoms with Gasteiger partial charge in [0.1, 0.15) is 5.75 Å². The first-order valence-electron chi connectivity index (χ1n) is 8.06. The molecule has 0 spiro atoms. The van der Waals surface area contributed by atoms with Gasteiger partial charge in [0, 0.05) is 24.1 Å². The molecule has 3 rings (SSSR count). The van der Waals surface area contributed by atoms with E-state index in [2.05, 4.69) is 10.3 Å². The number of aromatic nitrogens is 1. The number of rotatable bonds is 7. The molecule has 0 bridgehead atoms. The number of nitrogens with zero attached hydrogens (tertiary/aromatic N) is 1. The number of hydrogen-bond acceptors (Lipinski definition) is 5. The lowest BCUT2D eigenvalue weighted by molar-refractivity contribution is -0.148. The maximum Gasteiger partial charge on any atom is 0.334 e. The molecule has 1 fully saturated rings. The molecule has 132 valence electrons. The van der Waals surface area contributed by atoms with Crippen LogP contribution < -0.4 is 10.1 Å². The predicted octanol–water partition coefficient (Wildman–Crippen LogP) is 1.95. The summed E-state index contributed by atoms with van der Waals surface area (Å²) in [5.74, 6) is -0.458. The van der Waals surface area contributed by atoms with Crippen molar-refractivity contribution >= 4 is 22.8 Å². The minimum atomic E-state index is -1.12. The van der Waals surface area contributed by atoms with Crippen molar-refractivity contribution in [2.24, 2.45) is 0 Å². The van der Waals surface area contributed by atoms with Crippen molar-refractivity contribution in [3.8, 4) is 5.75 Å². The van der Waals surface area contributed by atoms with E-state index in [9.17, 15) is 9.59 Å². The number of carbonyl (C=O) groups is 2. The summed E-state index contributed by atoms with van der Waals surface area (Å²) in [5.41, 5.74) is 2.08. The van der Waals surface area contributed by atoms with Crippen LogP contribution >= 0.6 is 0 Å². The Morgan fingerprint density at radius 3 is 2.68 bits per heavy atom. The molecule has 7 nitrogen and oxygen atoms in total. The zero-order chi connectivity index (χ0) is 18.0. The van der Waals surface area contributed by atoms with Crippen LogP contribution in [0.2, 0.25) is 0 Å².